The highest BCUT2D eigenvalue weighted by Crippen LogP contribution is 2.37. The Hall–Kier alpha value is -1.58. The first-order valence-electron chi connectivity index (χ1n) is 7.96. The van der Waals surface area contributed by atoms with E-state index in [2.05, 4.69) is 49.2 Å². The van der Waals surface area contributed by atoms with Gasteiger partial charge in [-0.2, -0.15) is 5.10 Å². The van der Waals surface area contributed by atoms with Gasteiger partial charge in [-0.15, -0.1) is 0 Å². The molecule has 1 aliphatic carbocycles. The summed E-state index contributed by atoms with van der Waals surface area (Å²) in [5.74, 6) is 0.952. The van der Waals surface area contributed by atoms with Crippen molar-refractivity contribution in [3.63, 3.8) is 0 Å². The van der Waals surface area contributed by atoms with Crippen LogP contribution in [0.3, 0.4) is 0 Å². The highest BCUT2D eigenvalue weighted by Gasteiger charge is 2.28. The number of rotatable bonds is 3. The molecule has 0 unspecified atom stereocenters. The molecule has 0 amide bonds. The van der Waals surface area contributed by atoms with Gasteiger partial charge in [0.1, 0.15) is 5.52 Å². The second kappa shape index (κ2) is 5.00. The Kier molecular flexibility index (Phi) is 3.42. The van der Waals surface area contributed by atoms with Gasteiger partial charge >= 0.3 is 0 Å². The Morgan fingerprint density at radius 3 is 2.67 bits per heavy atom. The summed E-state index contributed by atoms with van der Waals surface area (Å²) in [6.07, 6.45) is 9.09. The third-order valence-electron chi connectivity index (χ3n) is 4.65. The topological polar surface area (TPSA) is 42.2 Å². The van der Waals surface area contributed by atoms with Crippen molar-refractivity contribution < 1.29 is 0 Å². The Bertz CT molecular complexity index is 630. The highest BCUT2D eigenvalue weighted by atomic mass is 15.2. The zero-order valence-electron chi connectivity index (χ0n) is 13.6. The van der Waals surface area contributed by atoms with E-state index in [0.717, 1.165) is 23.6 Å². The third kappa shape index (κ3) is 2.89. The van der Waals surface area contributed by atoms with Crippen LogP contribution in [0.15, 0.2) is 18.5 Å². The van der Waals surface area contributed by atoms with Gasteiger partial charge in [0.15, 0.2) is 5.82 Å². The van der Waals surface area contributed by atoms with E-state index in [9.17, 15) is 0 Å². The number of nitrogens with zero attached hydrogens (tertiary/aromatic N) is 3. The molecule has 1 aliphatic rings. The number of anilines is 1. The number of hydrogen-bond acceptors (Lipinski definition) is 3. The van der Waals surface area contributed by atoms with Gasteiger partial charge in [-0.3, -0.25) is 0 Å². The Labute approximate surface area is 127 Å². The molecule has 114 valence electrons. The van der Waals surface area contributed by atoms with E-state index in [1.807, 2.05) is 16.9 Å². The minimum Gasteiger partial charge on any atom is -0.368 e. The fraction of sp³-hybridized carbons (Fsp3) is 0.647. The van der Waals surface area contributed by atoms with E-state index in [0.29, 0.717) is 5.41 Å². The quantitative estimate of drug-likeness (QED) is 0.926. The Balaban J connectivity index is 1.86. The summed E-state index contributed by atoms with van der Waals surface area (Å²) in [6.45, 7) is 9.94. The van der Waals surface area contributed by atoms with Crippen LogP contribution in [0.4, 0.5) is 5.82 Å². The molecular formula is C17H26N4. The van der Waals surface area contributed by atoms with Gasteiger partial charge in [0.05, 0.1) is 5.69 Å². The molecule has 2 aromatic heterocycles. The number of nitrogens with one attached hydrogen (secondary N) is 1. The largest absolute Gasteiger partial charge is 0.368 e. The van der Waals surface area contributed by atoms with E-state index in [-0.39, 0.29) is 5.41 Å². The van der Waals surface area contributed by atoms with Crippen molar-refractivity contribution >= 4 is 11.3 Å². The summed E-state index contributed by atoms with van der Waals surface area (Å²) < 4.78 is 1.94. The zero-order valence-corrected chi connectivity index (χ0v) is 13.6. The van der Waals surface area contributed by atoms with Crippen LogP contribution in [0.5, 0.6) is 0 Å². The van der Waals surface area contributed by atoms with E-state index in [4.69, 9.17) is 0 Å². The molecule has 3 rings (SSSR count). The molecule has 0 aliphatic heterocycles. The van der Waals surface area contributed by atoms with Crippen LogP contribution in [-0.2, 0) is 5.41 Å². The number of aromatic nitrogens is 3. The lowest BCUT2D eigenvalue weighted by molar-refractivity contribution is 0.361. The van der Waals surface area contributed by atoms with Crippen LogP contribution >= 0.6 is 0 Å². The van der Waals surface area contributed by atoms with Crippen molar-refractivity contribution in [3.8, 4) is 0 Å². The number of hydrogen-bond donors (Lipinski definition) is 1. The average molecular weight is 286 g/mol. The standard InChI is InChI=1S/C17H26N4/c1-16(2,3)14-11-13-15(18-9-10-21(13)20-14)19-12-17(4)7-5-6-8-17/h9-11H,5-8,12H2,1-4H3,(H,18,19). The van der Waals surface area contributed by atoms with Crippen molar-refractivity contribution in [2.24, 2.45) is 5.41 Å². The van der Waals surface area contributed by atoms with E-state index in [1.54, 1.807) is 0 Å². The molecule has 2 aromatic rings. The Morgan fingerprint density at radius 1 is 1.29 bits per heavy atom. The first-order chi connectivity index (χ1) is 9.87. The normalized spacial score (nSPS) is 18.3. The second-order valence-electron chi connectivity index (χ2n) is 7.76. The molecule has 4 heteroatoms. The predicted octanol–water partition coefficient (Wildman–Crippen LogP) is 4.02. The van der Waals surface area contributed by atoms with Gasteiger partial charge in [0.2, 0.25) is 0 Å². The summed E-state index contributed by atoms with van der Waals surface area (Å²) >= 11 is 0. The van der Waals surface area contributed by atoms with Crippen molar-refractivity contribution in [3.05, 3.63) is 24.2 Å². The lowest BCUT2D eigenvalue weighted by atomic mass is 9.89. The SMILES string of the molecule is CC1(CNc2nccn3nc(C(C)(C)C)cc23)CCCC1. The van der Waals surface area contributed by atoms with E-state index >= 15 is 0 Å². The molecule has 0 bridgehead atoms. The van der Waals surface area contributed by atoms with Crippen molar-refractivity contribution in [1.29, 1.82) is 0 Å². The third-order valence-corrected chi connectivity index (χ3v) is 4.65. The molecule has 21 heavy (non-hydrogen) atoms. The second-order valence-corrected chi connectivity index (χ2v) is 7.76. The monoisotopic (exact) mass is 286 g/mol. The fourth-order valence-corrected chi connectivity index (χ4v) is 3.13. The maximum absolute atomic E-state index is 4.68. The van der Waals surface area contributed by atoms with Crippen molar-refractivity contribution in [1.82, 2.24) is 14.6 Å². The summed E-state index contributed by atoms with van der Waals surface area (Å²) in [5.41, 5.74) is 2.65. The van der Waals surface area contributed by atoms with E-state index in [1.165, 1.54) is 25.7 Å². The predicted molar refractivity (Wildman–Crippen MR) is 86.8 cm³/mol. The Morgan fingerprint density at radius 2 is 2.00 bits per heavy atom. The molecule has 0 radical (unpaired) electrons. The number of fused-ring (bicyclic) bond motifs is 1. The molecule has 1 N–H and O–H groups in total. The van der Waals surface area contributed by atoms with Gasteiger partial charge in [0.25, 0.3) is 0 Å². The van der Waals surface area contributed by atoms with Crippen LogP contribution in [0.25, 0.3) is 5.52 Å². The van der Waals surface area contributed by atoms with Crippen molar-refractivity contribution in [2.75, 3.05) is 11.9 Å². The van der Waals surface area contributed by atoms with Crippen LogP contribution in [-0.4, -0.2) is 21.1 Å². The van der Waals surface area contributed by atoms with Gasteiger partial charge in [0, 0.05) is 24.4 Å². The summed E-state index contributed by atoms with van der Waals surface area (Å²) in [7, 11) is 0. The first kappa shape index (κ1) is 14.4. The lowest BCUT2D eigenvalue weighted by Crippen LogP contribution is -2.23. The molecule has 0 aromatic carbocycles. The highest BCUT2D eigenvalue weighted by molar-refractivity contribution is 5.68. The molecule has 4 nitrogen and oxygen atoms in total. The van der Waals surface area contributed by atoms with Crippen LogP contribution in [0, 0.1) is 5.41 Å². The first-order valence-corrected chi connectivity index (χ1v) is 7.96. The minimum atomic E-state index is 0.0563. The zero-order chi connectivity index (χ0) is 15.1. The molecule has 1 fully saturated rings. The lowest BCUT2D eigenvalue weighted by Gasteiger charge is -2.24. The molecule has 2 heterocycles. The van der Waals surface area contributed by atoms with Crippen LogP contribution < -0.4 is 5.32 Å². The maximum atomic E-state index is 4.68. The molecule has 0 spiro atoms. The smallest absolute Gasteiger partial charge is 0.152 e. The van der Waals surface area contributed by atoms with Gasteiger partial charge in [-0.1, -0.05) is 40.5 Å². The van der Waals surface area contributed by atoms with Crippen molar-refractivity contribution in [2.45, 2.75) is 58.8 Å². The summed E-state index contributed by atoms with van der Waals surface area (Å²) in [5, 5.41) is 8.24. The van der Waals surface area contributed by atoms with Crippen LogP contribution in [0.2, 0.25) is 0 Å². The summed E-state index contributed by atoms with van der Waals surface area (Å²) in [6, 6.07) is 2.16. The summed E-state index contributed by atoms with van der Waals surface area (Å²) in [4.78, 5) is 4.52. The van der Waals surface area contributed by atoms with Gasteiger partial charge in [-0.25, -0.2) is 9.50 Å². The van der Waals surface area contributed by atoms with Gasteiger partial charge in [-0.05, 0) is 24.3 Å². The average Bonchev–Trinajstić information content (AvgIpc) is 3.02. The molecule has 0 saturated heterocycles. The van der Waals surface area contributed by atoms with Gasteiger partial charge < -0.3 is 5.32 Å². The molecular weight excluding hydrogens is 260 g/mol. The molecule has 1 saturated carbocycles. The van der Waals surface area contributed by atoms with E-state index < -0.39 is 0 Å². The minimum absolute atomic E-state index is 0.0563. The van der Waals surface area contributed by atoms with Crippen LogP contribution in [0.1, 0.15) is 59.1 Å². The fourth-order valence-electron chi connectivity index (χ4n) is 3.13. The maximum Gasteiger partial charge on any atom is 0.152 e. The molecule has 0 atom stereocenters.